The predicted octanol–water partition coefficient (Wildman–Crippen LogP) is 2.59. The molecule has 4 nitrogen and oxygen atoms in total. The zero-order chi connectivity index (χ0) is 13.0. The minimum absolute atomic E-state index is 0.202. The highest BCUT2D eigenvalue weighted by Crippen LogP contribution is 2.14. The van der Waals surface area contributed by atoms with Crippen molar-refractivity contribution in [2.45, 2.75) is 25.8 Å². The van der Waals surface area contributed by atoms with E-state index < -0.39 is 6.04 Å². The van der Waals surface area contributed by atoms with E-state index in [-0.39, 0.29) is 5.91 Å². The summed E-state index contributed by atoms with van der Waals surface area (Å²) in [5, 5.41) is 12.7. The van der Waals surface area contributed by atoms with Gasteiger partial charge in [0, 0.05) is 17.3 Å². The molecule has 1 heterocycles. The Balaban J connectivity index is 2.15. The van der Waals surface area contributed by atoms with Crippen LogP contribution < -0.4 is 5.32 Å². The van der Waals surface area contributed by atoms with Gasteiger partial charge in [-0.3, -0.25) is 4.79 Å². The van der Waals surface area contributed by atoms with Gasteiger partial charge in [0.2, 0.25) is 0 Å². The van der Waals surface area contributed by atoms with E-state index in [1.165, 1.54) is 0 Å². The summed E-state index contributed by atoms with van der Waals surface area (Å²) in [5.41, 5.74) is 1.49. The zero-order valence-corrected chi connectivity index (χ0v) is 10.2. The number of aromatic nitrogens is 1. The Bertz CT molecular complexity index is 594. The summed E-state index contributed by atoms with van der Waals surface area (Å²) in [6, 6.07) is 9.09. The first kappa shape index (κ1) is 12.2. The van der Waals surface area contributed by atoms with Gasteiger partial charge in [0.05, 0.1) is 6.07 Å². The Kier molecular flexibility index (Phi) is 3.63. The van der Waals surface area contributed by atoms with Gasteiger partial charge in [-0.2, -0.15) is 5.26 Å². The number of aromatic amines is 1. The summed E-state index contributed by atoms with van der Waals surface area (Å²) in [5.74, 6) is -0.202. The van der Waals surface area contributed by atoms with Crippen LogP contribution in [0.4, 0.5) is 0 Å². The van der Waals surface area contributed by atoms with E-state index in [9.17, 15) is 4.79 Å². The zero-order valence-electron chi connectivity index (χ0n) is 10.2. The summed E-state index contributed by atoms with van der Waals surface area (Å²) in [7, 11) is 0. The van der Waals surface area contributed by atoms with Gasteiger partial charge in [0.1, 0.15) is 6.04 Å². The smallest absolute Gasteiger partial charge is 0.252 e. The largest absolute Gasteiger partial charge is 0.361 e. The summed E-state index contributed by atoms with van der Waals surface area (Å²) in [6.07, 6.45) is 3.38. The molecule has 1 atom stereocenters. The van der Waals surface area contributed by atoms with E-state index in [2.05, 4.69) is 16.4 Å². The highest BCUT2D eigenvalue weighted by atomic mass is 16.1. The summed E-state index contributed by atoms with van der Waals surface area (Å²) in [6.45, 7) is 1.99. The van der Waals surface area contributed by atoms with Crippen molar-refractivity contribution in [2.24, 2.45) is 0 Å². The molecule has 2 N–H and O–H groups in total. The molecular formula is C14H15N3O. The number of carbonyl (C=O) groups is 1. The lowest BCUT2D eigenvalue weighted by atomic mass is 10.1. The van der Waals surface area contributed by atoms with Crippen molar-refractivity contribution in [3.63, 3.8) is 0 Å². The predicted molar refractivity (Wildman–Crippen MR) is 70.1 cm³/mol. The van der Waals surface area contributed by atoms with Crippen molar-refractivity contribution < 1.29 is 4.79 Å². The van der Waals surface area contributed by atoms with Crippen molar-refractivity contribution >= 4 is 16.8 Å². The topological polar surface area (TPSA) is 68.7 Å². The second kappa shape index (κ2) is 5.37. The fourth-order valence-corrected chi connectivity index (χ4v) is 1.89. The van der Waals surface area contributed by atoms with E-state index in [4.69, 9.17) is 5.26 Å². The van der Waals surface area contributed by atoms with Crippen LogP contribution in [-0.4, -0.2) is 16.9 Å². The molecule has 0 radical (unpaired) electrons. The van der Waals surface area contributed by atoms with Gasteiger partial charge >= 0.3 is 0 Å². The molecule has 1 aromatic heterocycles. The number of amides is 1. The molecule has 0 aliphatic carbocycles. The minimum atomic E-state index is -0.415. The molecule has 1 aromatic carbocycles. The quantitative estimate of drug-likeness (QED) is 0.863. The molecule has 0 unspecified atom stereocenters. The van der Waals surface area contributed by atoms with E-state index in [1.54, 1.807) is 12.1 Å². The minimum Gasteiger partial charge on any atom is -0.361 e. The third-order valence-corrected chi connectivity index (χ3v) is 2.86. The number of nitrogens with zero attached hydrogens (tertiary/aromatic N) is 1. The Morgan fingerprint density at radius 2 is 2.33 bits per heavy atom. The number of hydrogen-bond donors (Lipinski definition) is 2. The van der Waals surface area contributed by atoms with Crippen LogP contribution in [0.15, 0.2) is 30.5 Å². The molecular weight excluding hydrogens is 226 g/mol. The average Bonchev–Trinajstić information content (AvgIpc) is 2.85. The Hall–Kier alpha value is -2.28. The number of nitriles is 1. The number of fused-ring (bicyclic) bond motifs is 1. The first-order valence-corrected chi connectivity index (χ1v) is 6.02. The average molecular weight is 241 g/mol. The first-order chi connectivity index (χ1) is 8.74. The number of carbonyl (C=O) groups excluding carboxylic acids is 1. The lowest BCUT2D eigenvalue weighted by Gasteiger charge is -2.10. The van der Waals surface area contributed by atoms with Gasteiger partial charge in [0.15, 0.2) is 0 Å². The lowest BCUT2D eigenvalue weighted by Crippen LogP contribution is -2.33. The van der Waals surface area contributed by atoms with Gasteiger partial charge in [-0.15, -0.1) is 0 Å². The van der Waals surface area contributed by atoms with Crippen LogP contribution in [0.5, 0.6) is 0 Å². The standard InChI is InChI=1S/C14H15N3O/c1-2-3-12(9-15)17-14(18)11-5-4-10-6-7-16-13(10)8-11/h4-8,12,16H,2-3H2,1H3,(H,17,18)/t12-/m0/s1. The third kappa shape index (κ3) is 2.51. The second-order valence-corrected chi connectivity index (χ2v) is 4.22. The highest BCUT2D eigenvalue weighted by molar-refractivity contribution is 5.98. The van der Waals surface area contributed by atoms with Crippen molar-refractivity contribution in [1.82, 2.24) is 10.3 Å². The number of nitrogens with one attached hydrogen (secondary N) is 2. The molecule has 0 spiro atoms. The van der Waals surface area contributed by atoms with Crippen LogP contribution in [0.25, 0.3) is 10.9 Å². The molecule has 92 valence electrons. The maximum absolute atomic E-state index is 12.0. The van der Waals surface area contributed by atoms with Gasteiger partial charge < -0.3 is 10.3 Å². The van der Waals surface area contributed by atoms with Crippen LogP contribution in [0.1, 0.15) is 30.1 Å². The monoisotopic (exact) mass is 241 g/mol. The molecule has 1 amide bonds. The third-order valence-electron chi connectivity index (χ3n) is 2.86. The van der Waals surface area contributed by atoms with Crippen molar-refractivity contribution in [2.75, 3.05) is 0 Å². The van der Waals surface area contributed by atoms with Gasteiger partial charge in [-0.1, -0.05) is 19.4 Å². The maximum Gasteiger partial charge on any atom is 0.252 e. The fourth-order valence-electron chi connectivity index (χ4n) is 1.89. The molecule has 0 saturated carbocycles. The Morgan fingerprint density at radius 1 is 1.50 bits per heavy atom. The number of rotatable bonds is 4. The Labute approximate surface area is 106 Å². The van der Waals surface area contributed by atoms with Crippen molar-refractivity contribution in [1.29, 1.82) is 5.26 Å². The molecule has 2 aromatic rings. The maximum atomic E-state index is 12.0. The van der Waals surface area contributed by atoms with E-state index >= 15 is 0 Å². The second-order valence-electron chi connectivity index (χ2n) is 4.22. The first-order valence-electron chi connectivity index (χ1n) is 6.02. The lowest BCUT2D eigenvalue weighted by molar-refractivity contribution is 0.0944. The molecule has 0 fully saturated rings. The fraction of sp³-hybridized carbons (Fsp3) is 0.286. The van der Waals surface area contributed by atoms with Crippen LogP contribution in [0.3, 0.4) is 0 Å². The molecule has 0 bridgehead atoms. The van der Waals surface area contributed by atoms with E-state index in [0.717, 1.165) is 17.3 Å². The van der Waals surface area contributed by atoms with Crippen LogP contribution in [-0.2, 0) is 0 Å². The number of H-pyrrole nitrogens is 1. The van der Waals surface area contributed by atoms with Gasteiger partial charge in [-0.05, 0) is 30.0 Å². The van der Waals surface area contributed by atoms with Gasteiger partial charge in [-0.25, -0.2) is 0 Å². The molecule has 0 aliphatic rings. The van der Waals surface area contributed by atoms with Crippen LogP contribution >= 0.6 is 0 Å². The summed E-state index contributed by atoms with van der Waals surface area (Å²) >= 11 is 0. The van der Waals surface area contributed by atoms with Gasteiger partial charge in [0.25, 0.3) is 5.91 Å². The van der Waals surface area contributed by atoms with Crippen LogP contribution in [0.2, 0.25) is 0 Å². The molecule has 4 heteroatoms. The molecule has 0 saturated heterocycles. The summed E-state index contributed by atoms with van der Waals surface area (Å²) < 4.78 is 0. The molecule has 0 aliphatic heterocycles. The molecule has 2 rings (SSSR count). The van der Waals surface area contributed by atoms with Crippen molar-refractivity contribution in [3.05, 3.63) is 36.0 Å². The summed E-state index contributed by atoms with van der Waals surface area (Å²) in [4.78, 5) is 15.0. The normalized spacial score (nSPS) is 12.0. The number of hydrogen-bond acceptors (Lipinski definition) is 2. The van der Waals surface area contributed by atoms with Crippen LogP contribution in [0, 0.1) is 11.3 Å². The van der Waals surface area contributed by atoms with E-state index in [0.29, 0.717) is 12.0 Å². The highest BCUT2D eigenvalue weighted by Gasteiger charge is 2.12. The SMILES string of the molecule is CCC[C@@H](C#N)NC(=O)c1ccc2cc[nH]c2c1. The van der Waals surface area contributed by atoms with Crippen molar-refractivity contribution in [3.8, 4) is 6.07 Å². The molecule has 18 heavy (non-hydrogen) atoms. The number of benzene rings is 1. The Morgan fingerprint density at radius 3 is 3.06 bits per heavy atom. The van der Waals surface area contributed by atoms with E-state index in [1.807, 2.05) is 25.3 Å².